The molecular formula is C35H52N2O4. The molecule has 0 amide bonds. The molecule has 1 aliphatic carbocycles. The summed E-state index contributed by atoms with van der Waals surface area (Å²) in [7, 11) is 0. The molecule has 2 atom stereocenters. The van der Waals surface area contributed by atoms with E-state index >= 15 is 0 Å². The van der Waals surface area contributed by atoms with E-state index in [1.54, 1.807) is 6.21 Å². The number of aliphatic hydroxyl groups is 1. The summed E-state index contributed by atoms with van der Waals surface area (Å²) in [6.45, 7) is 19.7. The van der Waals surface area contributed by atoms with Gasteiger partial charge in [-0.25, -0.2) is 0 Å². The van der Waals surface area contributed by atoms with Crippen molar-refractivity contribution in [2.24, 2.45) is 9.98 Å². The van der Waals surface area contributed by atoms with Gasteiger partial charge in [0.25, 0.3) is 0 Å². The topological polar surface area (TPSA) is 94.6 Å². The van der Waals surface area contributed by atoms with Gasteiger partial charge in [-0.15, -0.1) is 0 Å². The third kappa shape index (κ3) is 8.65. The number of aromatic hydroxyl groups is 2. The van der Waals surface area contributed by atoms with Gasteiger partial charge in [0.05, 0.1) is 31.9 Å². The molecule has 3 N–H and O–H groups in total. The highest BCUT2D eigenvalue weighted by atomic mass is 16.5. The smallest absolute Gasteiger partial charge is 0.128 e. The van der Waals surface area contributed by atoms with Crippen LogP contribution >= 0.6 is 0 Å². The number of benzene rings is 2. The van der Waals surface area contributed by atoms with Crippen LogP contribution in [0.1, 0.15) is 121 Å². The van der Waals surface area contributed by atoms with Crippen LogP contribution in [0.5, 0.6) is 11.5 Å². The van der Waals surface area contributed by atoms with Gasteiger partial charge in [0, 0.05) is 34.7 Å². The number of hydrogen-bond acceptors (Lipinski definition) is 6. The van der Waals surface area contributed by atoms with Crippen LogP contribution in [0.3, 0.4) is 0 Å². The number of nitrogens with zero attached hydrogens (tertiary/aromatic N) is 2. The van der Waals surface area contributed by atoms with Gasteiger partial charge in [-0.1, -0.05) is 81.2 Å². The van der Waals surface area contributed by atoms with E-state index in [-0.39, 0.29) is 47.3 Å². The first kappa shape index (κ1) is 32.8. The molecule has 6 heteroatoms. The van der Waals surface area contributed by atoms with Gasteiger partial charge in [0.1, 0.15) is 11.5 Å². The molecule has 0 radical (unpaired) electrons. The molecule has 1 fully saturated rings. The molecule has 0 aromatic heterocycles. The van der Waals surface area contributed by atoms with Gasteiger partial charge < -0.3 is 20.1 Å². The number of hydrogen-bond donors (Lipinski definition) is 3. The minimum Gasteiger partial charge on any atom is -0.507 e. The summed E-state index contributed by atoms with van der Waals surface area (Å²) in [5, 5.41) is 31.5. The van der Waals surface area contributed by atoms with Crippen LogP contribution in [0.25, 0.3) is 0 Å². The quantitative estimate of drug-likeness (QED) is 0.231. The van der Waals surface area contributed by atoms with Gasteiger partial charge in [0.15, 0.2) is 0 Å². The van der Waals surface area contributed by atoms with E-state index in [9.17, 15) is 10.2 Å². The molecule has 1 aliphatic rings. The Balaban J connectivity index is 1.95. The first-order chi connectivity index (χ1) is 19.0. The number of ether oxygens (including phenoxy) is 1. The molecule has 41 heavy (non-hydrogen) atoms. The number of phenols is 2. The van der Waals surface area contributed by atoms with Crippen LogP contribution in [-0.4, -0.2) is 53.0 Å². The van der Waals surface area contributed by atoms with Gasteiger partial charge in [-0.05, 0) is 58.4 Å². The van der Waals surface area contributed by atoms with Crippen LogP contribution in [0.2, 0.25) is 0 Å². The number of aliphatic hydroxyl groups excluding tert-OH is 1. The summed E-state index contributed by atoms with van der Waals surface area (Å²) in [5.41, 5.74) is 4.78. The van der Waals surface area contributed by atoms with Crippen molar-refractivity contribution in [1.29, 1.82) is 0 Å². The van der Waals surface area contributed by atoms with Crippen LogP contribution in [0.4, 0.5) is 0 Å². The van der Waals surface area contributed by atoms with E-state index in [2.05, 4.69) is 74.4 Å². The van der Waals surface area contributed by atoms with Gasteiger partial charge in [0.2, 0.25) is 0 Å². The largest absolute Gasteiger partial charge is 0.507 e. The molecule has 6 nitrogen and oxygen atoms in total. The fourth-order valence-electron chi connectivity index (χ4n) is 5.28. The van der Waals surface area contributed by atoms with Crippen molar-refractivity contribution in [1.82, 2.24) is 0 Å². The van der Waals surface area contributed by atoms with Crippen molar-refractivity contribution in [3.63, 3.8) is 0 Å². The Kier molecular flexibility index (Phi) is 10.5. The highest BCUT2D eigenvalue weighted by Crippen LogP contribution is 2.38. The van der Waals surface area contributed by atoms with E-state index in [4.69, 9.17) is 19.8 Å². The maximum Gasteiger partial charge on any atom is 0.128 e. The molecular weight excluding hydrogens is 512 g/mol. The van der Waals surface area contributed by atoms with E-state index < -0.39 is 0 Å². The summed E-state index contributed by atoms with van der Waals surface area (Å²) < 4.78 is 5.57. The predicted molar refractivity (Wildman–Crippen MR) is 170 cm³/mol. The number of phenolic OH excluding ortho intramolecular Hbond substituents is 2. The molecule has 0 bridgehead atoms. The monoisotopic (exact) mass is 564 g/mol. The Morgan fingerprint density at radius 2 is 1.22 bits per heavy atom. The standard InChI is InChI=1S/C35H52N2O4/c1-33(2,3)26-18-25(32(40)28(19-26)35(7,8)9)21-37-30-13-11-10-12-29(30)36-20-24-16-23(22-41-15-14-38)17-27(31(24)39)34(4,5)6/h16-21,29-30,38-40H,10-15,22H2,1-9H3/b36-20+,37-21+/t29?,30-/m1/s1. The normalized spacial score (nSPS) is 19.0. The first-order valence-electron chi connectivity index (χ1n) is 15.0. The van der Waals surface area contributed by atoms with E-state index in [0.717, 1.165) is 47.9 Å². The number of rotatable bonds is 8. The van der Waals surface area contributed by atoms with E-state index in [1.165, 1.54) is 5.56 Å². The third-order valence-electron chi connectivity index (χ3n) is 7.83. The Hall–Kier alpha value is -2.70. The molecule has 226 valence electrons. The maximum absolute atomic E-state index is 11.2. The zero-order valence-electron chi connectivity index (χ0n) is 26.7. The summed E-state index contributed by atoms with van der Waals surface area (Å²) in [5.74, 6) is 0.534. The molecule has 0 aliphatic heterocycles. The SMILES string of the molecule is CC(C)(C)c1cc(/C=N/[C@@H]2CCCCC2/N=C/c2cc(COCCO)cc(C(C)(C)C)c2O)c(O)c(C(C)(C)C)c1. The van der Waals surface area contributed by atoms with E-state index in [0.29, 0.717) is 17.9 Å². The highest BCUT2D eigenvalue weighted by Gasteiger charge is 2.27. The lowest BCUT2D eigenvalue weighted by Crippen LogP contribution is -2.27. The molecule has 3 rings (SSSR count). The Labute approximate surface area is 247 Å². The predicted octanol–water partition coefficient (Wildman–Crippen LogP) is 7.35. The number of aliphatic imine (C=N–C) groups is 2. The molecule has 1 unspecified atom stereocenters. The molecule has 2 aromatic carbocycles. The second-order valence-electron chi connectivity index (χ2n) is 14.5. The van der Waals surface area contributed by atoms with Crippen LogP contribution in [-0.2, 0) is 27.6 Å². The van der Waals surface area contributed by atoms with Crippen molar-refractivity contribution in [3.8, 4) is 11.5 Å². The summed E-state index contributed by atoms with van der Waals surface area (Å²) in [6, 6.07) is 8.06. The first-order valence-corrected chi connectivity index (χ1v) is 15.0. The highest BCUT2D eigenvalue weighted by molar-refractivity contribution is 5.86. The van der Waals surface area contributed by atoms with Crippen molar-refractivity contribution in [2.45, 2.75) is 123 Å². The average molecular weight is 565 g/mol. The Bertz CT molecular complexity index is 1240. The van der Waals surface area contributed by atoms with Gasteiger partial charge in [-0.3, -0.25) is 9.98 Å². The van der Waals surface area contributed by atoms with Crippen LogP contribution in [0, 0.1) is 0 Å². The minimum atomic E-state index is -0.257. The fourth-order valence-corrected chi connectivity index (χ4v) is 5.28. The van der Waals surface area contributed by atoms with Crippen molar-refractivity contribution >= 4 is 12.4 Å². The van der Waals surface area contributed by atoms with Crippen LogP contribution in [0.15, 0.2) is 34.3 Å². The Morgan fingerprint density at radius 3 is 1.68 bits per heavy atom. The lowest BCUT2D eigenvalue weighted by molar-refractivity contribution is 0.0814. The lowest BCUT2D eigenvalue weighted by Gasteiger charge is -2.28. The van der Waals surface area contributed by atoms with E-state index in [1.807, 2.05) is 18.3 Å². The fraction of sp³-hybridized carbons (Fsp3) is 0.600. The average Bonchev–Trinajstić information content (AvgIpc) is 2.86. The molecule has 0 saturated heterocycles. The van der Waals surface area contributed by atoms with Crippen molar-refractivity contribution < 1.29 is 20.1 Å². The Morgan fingerprint density at radius 1 is 0.732 bits per heavy atom. The zero-order valence-corrected chi connectivity index (χ0v) is 26.7. The van der Waals surface area contributed by atoms with Crippen LogP contribution < -0.4 is 0 Å². The lowest BCUT2D eigenvalue weighted by atomic mass is 9.79. The second kappa shape index (κ2) is 13.1. The minimum absolute atomic E-state index is 0.00363. The second-order valence-corrected chi connectivity index (χ2v) is 14.5. The van der Waals surface area contributed by atoms with Gasteiger partial charge >= 0.3 is 0 Å². The molecule has 2 aromatic rings. The summed E-state index contributed by atoms with van der Waals surface area (Å²) >= 11 is 0. The van der Waals surface area contributed by atoms with Crippen molar-refractivity contribution in [2.75, 3.05) is 13.2 Å². The third-order valence-corrected chi connectivity index (χ3v) is 7.83. The molecule has 0 heterocycles. The van der Waals surface area contributed by atoms with Crippen molar-refractivity contribution in [3.05, 3.63) is 57.6 Å². The summed E-state index contributed by atoms with van der Waals surface area (Å²) in [6.07, 6.45) is 7.65. The maximum atomic E-state index is 11.2. The molecule has 1 saturated carbocycles. The summed E-state index contributed by atoms with van der Waals surface area (Å²) in [4.78, 5) is 9.96. The molecule has 0 spiro atoms. The zero-order chi connectivity index (χ0) is 30.6. The van der Waals surface area contributed by atoms with Gasteiger partial charge in [-0.2, -0.15) is 0 Å².